The number of nitrogens with zero attached hydrogens (tertiary/aromatic N) is 1. The number of nitrogens with one attached hydrogen (secondary N) is 1. The Kier molecular flexibility index (Phi) is 2.84. The van der Waals surface area contributed by atoms with E-state index in [1.807, 2.05) is 6.92 Å². The summed E-state index contributed by atoms with van der Waals surface area (Å²) in [4.78, 5) is 0. The van der Waals surface area contributed by atoms with Gasteiger partial charge in [-0.05, 0) is 12.8 Å². The van der Waals surface area contributed by atoms with E-state index in [0.29, 0.717) is 13.0 Å². The fourth-order valence-electron chi connectivity index (χ4n) is 1.44. The van der Waals surface area contributed by atoms with Gasteiger partial charge in [-0.2, -0.15) is 5.26 Å². The Balaban J connectivity index is 2.42. The zero-order chi connectivity index (χ0) is 8.27. The summed E-state index contributed by atoms with van der Waals surface area (Å²) in [7, 11) is 0. The van der Waals surface area contributed by atoms with Crippen LogP contribution in [0.5, 0.6) is 0 Å². The van der Waals surface area contributed by atoms with Gasteiger partial charge >= 0.3 is 0 Å². The molecule has 62 valence electrons. The molecule has 1 heterocycles. The monoisotopic (exact) mass is 156 g/mol. The molecule has 3 unspecified atom stereocenters. The summed E-state index contributed by atoms with van der Waals surface area (Å²) < 4.78 is 13.1. The smallest absolute Gasteiger partial charge is 0.117 e. The number of rotatable bonds is 1. The van der Waals surface area contributed by atoms with Gasteiger partial charge in [0.25, 0.3) is 0 Å². The lowest BCUT2D eigenvalue weighted by atomic mass is 9.93. The number of nitriles is 1. The molecule has 0 amide bonds. The lowest BCUT2D eigenvalue weighted by Gasteiger charge is -2.28. The molecular weight excluding hydrogens is 143 g/mol. The lowest BCUT2D eigenvalue weighted by molar-refractivity contribution is 0.174. The van der Waals surface area contributed by atoms with E-state index in [1.165, 1.54) is 0 Å². The Morgan fingerprint density at radius 3 is 2.91 bits per heavy atom. The molecule has 0 aliphatic carbocycles. The summed E-state index contributed by atoms with van der Waals surface area (Å²) in [5, 5.41) is 11.5. The van der Waals surface area contributed by atoms with Crippen molar-refractivity contribution in [3.05, 3.63) is 0 Å². The second kappa shape index (κ2) is 3.68. The van der Waals surface area contributed by atoms with Crippen LogP contribution in [0, 0.1) is 17.2 Å². The standard InChI is InChI=1S/C8H13FN2/c1-2-8-7(9)3-6(4-10)5-11-8/h6-8,11H,2-3,5H2,1H3. The van der Waals surface area contributed by atoms with Crippen molar-refractivity contribution in [1.29, 1.82) is 5.26 Å². The fraction of sp³-hybridized carbons (Fsp3) is 0.875. The van der Waals surface area contributed by atoms with Crippen LogP contribution in [0.3, 0.4) is 0 Å². The predicted molar refractivity (Wildman–Crippen MR) is 40.7 cm³/mol. The normalized spacial score (nSPS) is 38.1. The Hall–Kier alpha value is -0.620. The third-order valence-corrected chi connectivity index (χ3v) is 2.20. The average Bonchev–Trinajstić information content (AvgIpc) is 2.04. The molecule has 0 bridgehead atoms. The third-order valence-electron chi connectivity index (χ3n) is 2.20. The molecule has 1 fully saturated rings. The van der Waals surface area contributed by atoms with Gasteiger partial charge in [0, 0.05) is 12.6 Å². The number of piperidine rings is 1. The molecular formula is C8H13FN2. The molecule has 0 aromatic carbocycles. The van der Waals surface area contributed by atoms with Crippen LogP contribution >= 0.6 is 0 Å². The van der Waals surface area contributed by atoms with Crippen molar-refractivity contribution < 1.29 is 4.39 Å². The van der Waals surface area contributed by atoms with Gasteiger partial charge < -0.3 is 5.32 Å². The van der Waals surface area contributed by atoms with Crippen molar-refractivity contribution in [2.75, 3.05) is 6.54 Å². The molecule has 3 atom stereocenters. The van der Waals surface area contributed by atoms with E-state index in [-0.39, 0.29) is 12.0 Å². The maximum absolute atomic E-state index is 13.1. The van der Waals surface area contributed by atoms with Crippen LogP contribution in [-0.2, 0) is 0 Å². The molecule has 1 aliphatic rings. The third kappa shape index (κ3) is 1.90. The van der Waals surface area contributed by atoms with E-state index < -0.39 is 6.17 Å². The minimum Gasteiger partial charge on any atom is -0.310 e. The number of hydrogen-bond donors (Lipinski definition) is 1. The van der Waals surface area contributed by atoms with Gasteiger partial charge in [0.05, 0.1) is 12.0 Å². The van der Waals surface area contributed by atoms with Crippen molar-refractivity contribution in [3.8, 4) is 6.07 Å². The van der Waals surface area contributed by atoms with Crippen LogP contribution < -0.4 is 5.32 Å². The summed E-state index contributed by atoms with van der Waals surface area (Å²) in [6, 6.07) is 2.05. The highest BCUT2D eigenvalue weighted by molar-refractivity contribution is 4.94. The Labute approximate surface area is 66.4 Å². The number of halogens is 1. The first-order valence-corrected chi connectivity index (χ1v) is 4.05. The van der Waals surface area contributed by atoms with Crippen LogP contribution in [0.25, 0.3) is 0 Å². The molecule has 0 saturated carbocycles. The van der Waals surface area contributed by atoms with Crippen molar-refractivity contribution in [1.82, 2.24) is 5.32 Å². The van der Waals surface area contributed by atoms with Gasteiger partial charge in [-0.25, -0.2) is 4.39 Å². The van der Waals surface area contributed by atoms with E-state index >= 15 is 0 Å². The lowest BCUT2D eigenvalue weighted by Crippen LogP contribution is -2.45. The first kappa shape index (κ1) is 8.48. The highest BCUT2D eigenvalue weighted by Gasteiger charge is 2.28. The van der Waals surface area contributed by atoms with E-state index in [4.69, 9.17) is 5.26 Å². The second-order valence-electron chi connectivity index (χ2n) is 3.00. The van der Waals surface area contributed by atoms with Crippen LogP contribution in [0.4, 0.5) is 4.39 Å². The maximum Gasteiger partial charge on any atom is 0.117 e. The minimum atomic E-state index is -0.835. The van der Waals surface area contributed by atoms with Gasteiger partial charge in [0.15, 0.2) is 0 Å². The van der Waals surface area contributed by atoms with Crippen molar-refractivity contribution in [2.24, 2.45) is 5.92 Å². The van der Waals surface area contributed by atoms with Crippen LogP contribution in [0.1, 0.15) is 19.8 Å². The van der Waals surface area contributed by atoms with Gasteiger partial charge in [0.2, 0.25) is 0 Å². The molecule has 1 N–H and O–H groups in total. The van der Waals surface area contributed by atoms with E-state index in [0.717, 1.165) is 6.42 Å². The predicted octanol–water partition coefficient (Wildman–Crippen LogP) is 1.24. The van der Waals surface area contributed by atoms with Gasteiger partial charge in [-0.15, -0.1) is 0 Å². The molecule has 2 nitrogen and oxygen atoms in total. The van der Waals surface area contributed by atoms with Crippen LogP contribution in [0.15, 0.2) is 0 Å². The summed E-state index contributed by atoms with van der Waals surface area (Å²) >= 11 is 0. The maximum atomic E-state index is 13.1. The summed E-state index contributed by atoms with van der Waals surface area (Å²) in [5.41, 5.74) is 0. The molecule has 0 radical (unpaired) electrons. The van der Waals surface area contributed by atoms with Crippen LogP contribution in [-0.4, -0.2) is 18.8 Å². The topological polar surface area (TPSA) is 35.8 Å². The zero-order valence-electron chi connectivity index (χ0n) is 6.68. The fourth-order valence-corrected chi connectivity index (χ4v) is 1.44. The average molecular weight is 156 g/mol. The quantitative estimate of drug-likeness (QED) is 0.620. The molecule has 1 rings (SSSR count). The Morgan fingerprint density at radius 1 is 1.73 bits per heavy atom. The van der Waals surface area contributed by atoms with Crippen molar-refractivity contribution in [3.63, 3.8) is 0 Å². The molecule has 3 heteroatoms. The molecule has 0 aromatic rings. The van der Waals surface area contributed by atoms with E-state index in [2.05, 4.69) is 11.4 Å². The molecule has 0 aromatic heterocycles. The van der Waals surface area contributed by atoms with Crippen LogP contribution in [0.2, 0.25) is 0 Å². The molecule has 1 aliphatic heterocycles. The number of hydrogen-bond acceptors (Lipinski definition) is 2. The molecule has 1 saturated heterocycles. The van der Waals surface area contributed by atoms with E-state index in [1.54, 1.807) is 0 Å². The first-order valence-electron chi connectivity index (χ1n) is 4.05. The largest absolute Gasteiger partial charge is 0.310 e. The van der Waals surface area contributed by atoms with E-state index in [9.17, 15) is 4.39 Å². The number of alkyl halides is 1. The highest BCUT2D eigenvalue weighted by Crippen LogP contribution is 2.18. The van der Waals surface area contributed by atoms with Crippen molar-refractivity contribution in [2.45, 2.75) is 32.0 Å². The summed E-state index contributed by atoms with van der Waals surface area (Å²) in [6.07, 6.45) is 0.375. The SMILES string of the molecule is CCC1NCC(C#N)CC1F. The van der Waals surface area contributed by atoms with Gasteiger partial charge in [0.1, 0.15) is 6.17 Å². The summed E-state index contributed by atoms with van der Waals surface area (Å²) in [5.74, 6) is -0.132. The van der Waals surface area contributed by atoms with Gasteiger partial charge in [-0.1, -0.05) is 6.92 Å². The highest BCUT2D eigenvalue weighted by atomic mass is 19.1. The molecule has 0 spiro atoms. The second-order valence-corrected chi connectivity index (χ2v) is 3.00. The van der Waals surface area contributed by atoms with Gasteiger partial charge in [-0.3, -0.25) is 0 Å². The minimum absolute atomic E-state index is 0.0281. The molecule has 11 heavy (non-hydrogen) atoms. The Morgan fingerprint density at radius 2 is 2.45 bits per heavy atom. The summed E-state index contributed by atoms with van der Waals surface area (Å²) in [6.45, 7) is 2.60. The first-order chi connectivity index (χ1) is 5.27. The Bertz CT molecular complexity index is 164. The van der Waals surface area contributed by atoms with Crippen molar-refractivity contribution >= 4 is 0 Å². The zero-order valence-corrected chi connectivity index (χ0v) is 6.68.